The molecule has 0 aliphatic carbocycles. The topological polar surface area (TPSA) is 69.6 Å². The van der Waals surface area contributed by atoms with Gasteiger partial charge in [-0.25, -0.2) is 4.79 Å². The Morgan fingerprint density at radius 1 is 1.25 bits per heavy atom. The van der Waals surface area contributed by atoms with Gasteiger partial charge in [0.1, 0.15) is 0 Å². The van der Waals surface area contributed by atoms with Crippen LogP contribution in [0.1, 0.15) is 44.7 Å². The van der Waals surface area contributed by atoms with Crippen molar-refractivity contribution in [2.75, 3.05) is 19.6 Å². The number of nitrogens with zero attached hydrogens (tertiary/aromatic N) is 1. The lowest BCUT2D eigenvalue weighted by Crippen LogP contribution is -2.47. The Hall–Kier alpha value is -2.04. The summed E-state index contributed by atoms with van der Waals surface area (Å²) in [5.74, 6) is -1.25. The van der Waals surface area contributed by atoms with Crippen molar-refractivity contribution in [1.29, 1.82) is 0 Å². The predicted molar refractivity (Wildman–Crippen MR) is 94.2 cm³/mol. The molecular formula is C19H28N2O3. The van der Waals surface area contributed by atoms with Gasteiger partial charge in [-0.1, -0.05) is 45.0 Å². The number of rotatable bonds is 4. The van der Waals surface area contributed by atoms with Gasteiger partial charge < -0.3 is 15.3 Å². The fraction of sp³-hybridized carbons (Fsp3) is 0.579. The maximum Gasteiger partial charge on any atom is 0.317 e. The Labute approximate surface area is 144 Å². The second kappa shape index (κ2) is 7.69. The number of likely N-dealkylation sites (tertiary alicyclic amines) is 1. The normalized spacial score (nSPS) is 18.3. The number of carboxylic acids is 1. The van der Waals surface area contributed by atoms with Gasteiger partial charge in [0, 0.05) is 19.6 Å². The number of hydrogen-bond donors (Lipinski definition) is 2. The van der Waals surface area contributed by atoms with E-state index in [4.69, 9.17) is 5.11 Å². The molecule has 1 aromatic carbocycles. The molecular weight excluding hydrogens is 304 g/mol. The van der Waals surface area contributed by atoms with Gasteiger partial charge >= 0.3 is 12.0 Å². The lowest BCUT2D eigenvalue weighted by atomic mass is 9.86. The van der Waals surface area contributed by atoms with E-state index in [1.165, 1.54) is 11.1 Å². The summed E-state index contributed by atoms with van der Waals surface area (Å²) in [5.41, 5.74) is 2.62. The summed E-state index contributed by atoms with van der Waals surface area (Å²) in [6, 6.07) is 8.33. The summed E-state index contributed by atoms with van der Waals surface area (Å²) in [5, 5.41) is 12.0. The fourth-order valence-corrected chi connectivity index (χ4v) is 2.96. The molecule has 1 heterocycles. The summed E-state index contributed by atoms with van der Waals surface area (Å²) in [4.78, 5) is 24.8. The van der Waals surface area contributed by atoms with Crippen molar-refractivity contribution in [3.8, 4) is 0 Å². The molecule has 5 heteroatoms. The molecule has 1 unspecified atom stereocenters. The van der Waals surface area contributed by atoms with Crippen molar-refractivity contribution < 1.29 is 14.7 Å². The van der Waals surface area contributed by atoms with E-state index in [1.807, 2.05) is 0 Å². The minimum absolute atomic E-state index is 0.141. The fourth-order valence-electron chi connectivity index (χ4n) is 2.96. The maximum atomic E-state index is 12.2. The third-order valence-corrected chi connectivity index (χ3v) is 4.57. The highest BCUT2D eigenvalue weighted by Gasteiger charge is 2.27. The molecule has 2 rings (SSSR count). The molecule has 5 nitrogen and oxygen atoms in total. The molecule has 0 aromatic heterocycles. The molecule has 1 aromatic rings. The zero-order chi connectivity index (χ0) is 17.7. The molecule has 0 saturated carbocycles. The van der Waals surface area contributed by atoms with Gasteiger partial charge in [-0.05, 0) is 35.8 Å². The van der Waals surface area contributed by atoms with Gasteiger partial charge in [-0.3, -0.25) is 4.79 Å². The molecule has 2 N–H and O–H groups in total. The smallest absolute Gasteiger partial charge is 0.317 e. The molecule has 0 radical (unpaired) electrons. The number of amides is 2. The van der Waals surface area contributed by atoms with E-state index in [-0.39, 0.29) is 11.4 Å². The number of nitrogens with one attached hydrogen (secondary N) is 1. The number of urea groups is 1. The number of aliphatic carboxylic acids is 1. The van der Waals surface area contributed by atoms with E-state index in [0.717, 1.165) is 12.8 Å². The highest BCUT2D eigenvalue weighted by molar-refractivity contribution is 5.76. The van der Waals surface area contributed by atoms with Crippen LogP contribution in [0.25, 0.3) is 0 Å². The van der Waals surface area contributed by atoms with Crippen LogP contribution in [0.2, 0.25) is 0 Å². The lowest BCUT2D eigenvalue weighted by Gasteiger charge is -2.30. The quantitative estimate of drug-likeness (QED) is 0.890. The second-order valence-corrected chi connectivity index (χ2v) is 7.55. The van der Waals surface area contributed by atoms with Crippen LogP contribution in [0.3, 0.4) is 0 Å². The highest BCUT2D eigenvalue weighted by atomic mass is 16.4. The summed E-state index contributed by atoms with van der Waals surface area (Å²) in [7, 11) is 0. The summed E-state index contributed by atoms with van der Waals surface area (Å²) in [6.07, 6.45) is 2.17. The Balaban J connectivity index is 1.79. The largest absolute Gasteiger partial charge is 0.481 e. The molecule has 1 aliphatic heterocycles. The average Bonchev–Trinajstić information content (AvgIpc) is 2.54. The molecule has 1 atom stereocenters. The second-order valence-electron chi connectivity index (χ2n) is 7.55. The van der Waals surface area contributed by atoms with Gasteiger partial charge in [0.25, 0.3) is 0 Å². The van der Waals surface area contributed by atoms with Crippen LogP contribution in [-0.4, -0.2) is 41.6 Å². The predicted octanol–water partition coefficient (Wildman–Crippen LogP) is 3.03. The maximum absolute atomic E-state index is 12.2. The van der Waals surface area contributed by atoms with Gasteiger partial charge in [-0.2, -0.15) is 0 Å². The van der Waals surface area contributed by atoms with Crippen molar-refractivity contribution in [3.05, 3.63) is 35.4 Å². The number of piperidine rings is 1. The van der Waals surface area contributed by atoms with Crippen molar-refractivity contribution in [3.63, 3.8) is 0 Å². The van der Waals surface area contributed by atoms with Crippen LogP contribution in [0.4, 0.5) is 4.79 Å². The van der Waals surface area contributed by atoms with Crippen molar-refractivity contribution in [2.45, 2.75) is 45.4 Å². The van der Waals surface area contributed by atoms with Crippen molar-refractivity contribution in [1.82, 2.24) is 10.2 Å². The van der Waals surface area contributed by atoms with Gasteiger partial charge in [0.05, 0.1) is 5.92 Å². The minimum atomic E-state index is -0.813. The minimum Gasteiger partial charge on any atom is -0.481 e. The molecule has 0 bridgehead atoms. The zero-order valence-electron chi connectivity index (χ0n) is 14.8. The Bertz CT molecular complexity index is 575. The molecule has 1 saturated heterocycles. The van der Waals surface area contributed by atoms with Crippen LogP contribution in [-0.2, 0) is 16.6 Å². The zero-order valence-corrected chi connectivity index (χ0v) is 14.8. The van der Waals surface area contributed by atoms with E-state index >= 15 is 0 Å². The summed E-state index contributed by atoms with van der Waals surface area (Å²) >= 11 is 0. The standard InChI is InChI=1S/C19H28N2O3/c1-19(2,3)16-8-6-14(7-9-16)10-11-20-18(24)21-12-4-5-15(13-21)17(22)23/h6-9,15H,4-5,10-13H2,1-3H3,(H,20,24)(H,22,23). The Morgan fingerprint density at radius 2 is 1.92 bits per heavy atom. The van der Waals surface area contributed by atoms with Gasteiger partial charge in [0.2, 0.25) is 0 Å². The highest BCUT2D eigenvalue weighted by Crippen LogP contribution is 2.22. The first-order valence-electron chi connectivity index (χ1n) is 8.62. The van der Waals surface area contributed by atoms with E-state index in [2.05, 4.69) is 50.4 Å². The van der Waals surface area contributed by atoms with E-state index in [0.29, 0.717) is 26.1 Å². The monoisotopic (exact) mass is 332 g/mol. The van der Waals surface area contributed by atoms with E-state index < -0.39 is 11.9 Å². The summed E-state index contributed by atoms with van der Waals surface area (Å²) < 4.78 is 0. The molecule has 24 heavy (non-hydrogen) atoms. The lowest BCUT2D eigenvalue weighted by molar-refractivity contribution is -0.143. The Kier molecular flexibility index (Phi) is 5.86. The summed E-state index contributed by atoms with van der Waals surface area (Å²) in [6.45, 7) is 8.06. The number of carboxylic acid groups (broad SMARTS) is 1. The average molecular weight is 332 g/mol. The molecule has 132 valence electrons. The third kappa shape index (κ3) is 4.98. The SMILES string of the molecule is CC(C)(C)c1ccc(CCNC(=O)N2CCCC(C(=O)O)C2)cc1. The first kappa shape index (κ1) is 18.3. The van der Waals surface area contributed by atoms with Crippen molar-refractivity contribution >= 4 is 12.0 Å². The van der Waals surface area contributed by atoms with Gasteiger partial charge in [-0.15, -0.1) is 0 Å². The third-order valence-electron chi connectivity index (χ3n) is 4.57. The number of carbonyl (C=O) groups excluding carboxylic acids is 1. The number of hydrogen-bond acceptors (Lipinski definition) is 2. The van der Waals surface area contributed by atoms with Gasteiger partial charge in [0.15, 0.2) is 0 Å². The van der Waals surface area contributed by atoms with Crippen LogP contribution in [0.5, 0.6) is 0 Å². The van der Waals surface area contributed by atoms with Crippen LogP contribution < -0.4 is 5.32 Å². The van der Waals surface area contributed by atoms with Crippen molar-refractivity contribution in [2.24, 2.45) is 5.92 Å². The first-order valence-corrected chi connectivity index (χ1v) is 8.62. The van der Waals surface area contributed by atoms with E-state index in [1.54, 1.807) is 4.90 Å². The first-order chi connectivity index (χ1) is 11.3. The Morgan fingerprint density at radius 3 is 2.50 bits per heavy atom. The number of benzene rings is 1. The molecule has 0 spiro atoms. The van der Waals surface area contributed by atoms with Crippen LogP contribution in [0, 0.1) is 5.92 Å². The molecule has 1 fully saturated rings. The van der Waals surface area contributed by atoms with E-state index in [9.17, 15) is 9.59 Å². The van der Waals surface area contributed by atoms with Crippen LogP contribution in [0.15, 0.2) is 24.3 Å². The number of carbonyl (C=O) groups is 2. The van der Waals surface area contributed by atoms with Crippen LogP contribution >= 0.6 is 0 Å². The molecule has 2 amide bonds. The molecule has 1 aliphatic rings.